The molecule has 0 aliphatic carbocycles. The van der Waals surface area contributed by atoms with Crippen LogP contribution in [0.15, 0.2) is 18.2 Å². The van der Waals surface area contributed by atoms with Crippen molar-refractivity contribution in [2.45, 2.75) is 18.4 Å². The molecule has 0 spiro atoms. The number of ether oxygens (including phenoxy) is 3. The zero-order chi connectivity index (χ0) is 13.3. The van der Waals surface area contributed by atoms with Gasteiger partial charge >= 0.3 is 0 Å². The Morgan fingerprint density at radius 3 is 2.65 bits per heavy atom. The predicted octanol–water partition coefficient (Wildman–Crippen LogP) is 1.28. The molecular weight excluding hydrogens is 284 g/mol. The van der Waals surface area contributed by atoms with Gasteiger partial charge in [0, 0.05) is 25.0 Å². The number of amides is 1. The van der Waals surface area contributed by atoms with Gasteiger partial charge in [-0.3, -0.25) is 4.79 Å². The van der Waals surface area contributed by atoms with Crippen molar-refractivity contribution in [2.24, 2.45) is 5.73 Å². The summed E-state index contributed by atoms with van der Waals surface area (Å²) < 4.78 is 15.7. The first-order valence-electron chi connectivity index (χ1n) is 6.25. The molecule has 3 N–H and O–H groups in total. The van der Waals surface area contributed by atoms with Gasteiger partial charge in [-0.25, -0.2) is 0 Å². The van der Waals surface area contributed by atoms with Crippen molar-refractivity contribution >= 4 is 24.0 Å². The molecule has 1 saturated heterocycles. The highest BCUT2D eigenvalue weighted by molar-refractivity contribution is 5.98. The zero-order valence-corrected chi connectivity index (χ0v) is 11.7. The van der Waals surface area contributed by atoms with Crippen LogP contribution in [0.2, 0.25) is 0 Å². The Kier molecular flexibility index (Phi) is 4.37. The summed E-state index contributed by atoms with van der Waals surface area (Å²) in [6, 6.07) is 5.28. The van der Waals surface area contributed by atoms with E-state index in [-0.39, 0.29) is 25.1 Å². The normalized spacial score (nSPS) is 19.1. The van der Waals surface area contributed by atoms with Crippen LogP contribution in [0.5, 0.6) is 11.5 Å². The molecule has 110 valence electrons. The summed E-state index contributed by atoms with van der Waals surface area (Å²) in [6.45, 7) is 1.25. The van der Waals surface area contributed by atoms with Crippen LogP contribution in [0.25, 0.3) is 0 Å². The lowest BCUT2D eigenvalue weighted by atomic mass is 9.90. The number of nitrogens with one attached hydrogen (secondary N) is 1. The van der Waals surface area contributed by atoms with Crippen molar-refractivity contribution in [2.75, 3.05) is 25.3 Å². The van der Waals surface area contributed by atoms with Crippen LogP contribution in [0, 0.1) is 0 Å². The Labute approximate surface area is 123 Å². The average Bonchev–Trinajstić information content (AvgIpc) is 2.87. The summed E-state index contributed by atoms with van der Waals surface area (Å²) in [5.41, 5.74) is 5.92. The number of carbonyl (C=O) groups is 1. The maximum Gasteiger partial charge on any atom is 0.244 e. The van der Waals surface area contributed by atoms with E-state index < -0.39 is 5.54 Å². The van der Waals surface area contributed by atoms with Crippen LogP contribution in [0.4, 0.5) is 5.69 Å². The quantitative estimate of drug-likeness (QED) is 0.860. The van der Waals surface area contributed by atoms with Crippen LogP contribution < -0.4 is 20.5 Å². The Balaban J connectivity index is 0.00000147. The molecule has 7 heteroatoms. The van der Waals surface area contributed by atoms with Crippen molar-refractivity contribution < 1.29 is 19.0 Å². The van der Waals surface area contributed by atoms with Gasteiger partial charge in [-0.1, -0.05) is 0 Å². The first-order chi connectivity index (χ1) is 9.17. The van der Waals surface area contributed by atoms with E-state index in [2.05, 4.69) is 5.32 Å². The summed E-state index contributed by atoms with van der Waals surface area (Å²) in [4.78, 5) is 12.2. The van der Waals surface area contributed by atoms with E-state index in [4.69, 9.17) is 19.9 Å². The highest BCUT2D eigenvalue weighted by atomic mass is 35.5. The number of hydrogen-bond acceptors (Lipinski definition) is 5. The van der Waals surface area contributed by atoms with Crippen molar-refractivity contribution in [3.05, 3.63) is 18.2 Å². The zero-order valence-electron chi connectivity index (χ0n) is 10.9. The summed E-state index contributed by atoms with van der Waals surface area (Å²) in [5, 5.41) is 2.83. The second-order valence-electron chi connectivity index (χ2n) is 4.79. The molecule has 0 unspecified atom stereocenters. The Bertz CT molecular complexity index is 503. The monoisotopic (exact) mass is 300 g/mol. The summed E-state index contributed by atoms with van der Waals surface area (Å²) in [5.74, 6) is 1.14. The average molecular weight is 301 g/mol. The fourth-order valence-corrected chi connectivity index (χ4v) is 2.19. The van der Waals surface area contributed by atoms with Gasteiger partial charge in [0.2, 0.25) is 12.7 Å². The lowest BCUT2D eigenvalue weighted by Crippen LogP contribution is -2.54. The number of anilines is 1. The van der Waals surface area contributed by atoms with Crippen molar-refractivity contribution in [1.82, 2.24) is 0 Å². The number of benzene rings is 1. The first-order valence-corrected chi connectivity index (χ1v) is 6.25. The molecule has 0 atom stereocenters. The SMILES string of the molecule is Cl.NC1(C(=O)Nc2ccc3c(c2)OCO3)CCOCC1. The minimum absolute atomic E-state index is 0. The van der Waals surface area contributed by atoms with Crippen LogP contribution in [-0.4, -0.2) is 31.5 Å². The van der Waals surface area contributed by atoms with Crippen molar-refractivity contribution in [3.63, 3.8) is 0 Å². The number of fused-ring (bicyclic) bond motifs is 1. The maximum atomic E-state index is 12.2. The third-order valence-electron chi connectivity index (χ3n) is 3.47. The first kappa shape index (κ1) is 14.9. The van der Waals surface area contributed by atoms with Crippen molar-refractivity contribution in [1.29, 1.82) is 0 Å². The van der Waals surface area contributed by atoms with Gasteiger partial charge in [-0.15, -0.1) is 12.4 Å². The molecule has 0 radical (unpaired) electrons. The van der Waals surface area contributed by atoms with E-state index in [1.165, 1.54) is 0 Å². The fourth-order valence-electron chi connectivity index (χ4n) is 2.19. The molecule has 1 fully saturated rings. The molecule has 20 heavy (non-hydrogen) atoms. The highest BCUT2D eigenvalue weighted by Gasteiger charge is 2.36. The summed E-state index contributed by atoms with van der Waals surface area (Å²) in [7, 11) is 0. The molecular formula is C13H17ClN2O4. The Hall–Kier alpha value is -1.50. The number of nitrogens with two attached hydrogens (primary N) is 1. The van der Waals surface area contributed by atoms with Gasteiger partial charge in [-0.2, -0.15) is 0 Å². The van der Waals surface area contributed by atoms with Gasteiger partial charge in [0.05, 0.1) is 0 Å². The van der Waals surface area contributed by atoms with Crippen LogP contribution in [0.3, 0.4) is 0 Å². The van der Waals surface area contributed by atoms with E-state index in [1.54, 1.807) is 18.2 Å². The number of halogens is 1. The van der Waals surface area contributed by atoms with Crippen LogP contribution >= 0.6 is 12.4 Å². The molecule has 6 nitrogen and oxygen atoms in total. The Morgan fingerprint density at radius 2 is 1.90 bits per heavy atom. The molecule has 2 heterocycles. The smallest absolute Gasteiger partial charge is 0.244 e. The van der Waals surface area contributed by atoms with Gasteiger partial charge in [0.1, 0.15) is 5.54 Å². The largest absolute Gasteiger partial charge is 0.454 e. The van der Waals surface area contributed by atoms with Crippen molar-refractivity contribution in [3.8, 4) is 11.5 Å². The number of hydrogen-bond donors (Lipinski definition) is 2. The molecule has 3 rings (SSSR count). The molecule has 2 aliphatic heterocycles. The second kappa shape index (κ2) is 5.87. The molecule has 2 aliphatic rings. The molecule has 1 aromatic rings. The fraction of sp³-hybridized carbons (Fsp3) is 0.462. The van der Waals surface area contributed by atoms with Gasteiger partial charge < -0.3 is 25.3 Å². The minimum Gasteiger partial charge on any atom is -0.454 e. The van der Waals surface area contributed by atoms with Crippen LogP contribution in [0.1, 0.15) is 12.8 Å². The number of rotatable bonds is 2. The van der Waals surface area contributed by atoms with E-state index in [0.29, 0.717) is 43.2 Å². The molecule has 0 aromatic heterocycles. The molecule has 0 saturated carbocycles. The van der Waals surface area contributed by atoms with E-state index >= 15 is 0 Å². The van der Waals surface area contributed by atoms with E-state index in [0.717, 1.165) is 0 Å². The molecule has 1 aromatic carbocycles. The topological polar surface area (TPSA) is 82.8 Å². The lowest BCUT2D eigenvalue weighted by Gasteiger charge is -2.31. The van der Waals surface area contributed by atoms with Gasteiger partial charge in [0.15, 0.2) is 11.5 Å². The number of carbonyl (C=O) groups excluding carboxylic acids is 1. The highest BCUT2D eigenvalue weighted by Crippen LogP contribution is 2.34. The Morgan fingerprint density at radius 1 is 1.20 bits per heavy atom. The van der Waals surface area contributed by atoms with Gasteiger partial charge in [-0.05, 0) is 25.0 Å². The van der Waals surface area contributed by atoms with E-state index in [9.17, 15) is 4.79 Å². The molecule has 1 amide bonds. The van der Waals surface area contributed by atoms with Crippen LogP contribution in [-0.2, 0) is 9.53 Å². The van der Waals surface area contributed by atoms with Gasteiger partial charge in [0.25, 0.3) is 0 Å². The van der Waals surface area contributed by atoms with E-state index in [1.807, 2.05) is 0 Å². The third kappa shape index (κ3) is 2.82. The lowest BCUT2D eigenvalue weighted by molar-refractivity contribution is -0.124. The molecule has 0 bridgehead atoms. The summed E-state index contributed by atoms with van der Waals surface area (Å²) >= 11 is 0. The predicted molar refractivity (Wildman–Crippen MR) is 75.4 cm³/mol. The maximum absolute atomic E-state index is 12.2. The third-order valence-corrected chi connectivity index (χ3v) is 3.47. The standard InChI is InChI=1S/C13H16N2O4.ClH/c14-13(3-5-17-6-4-13)12(16)15-9-1-2-10-11(7-9)19-8-18-10;/h1-2,7H,3-6,8,14H2,(H,15,16);1H. The second-order valence-corrected chi connectivity index (χ2v) is 4.79. The summed E-state index contributed by atoms with van der Waals surface area (Å²) in [6.07, 6.45) is 1.06. The minimum atomic E-state index is -0.853.